The van der Waals surface area contributed by atoms with Crippen LogP contribution in [0.5, 0.6) is 5.75 Å². The quantitative estimate of drug-likeness (QED) is 0.566. The second-order valence-corrected chi connectivity index (χ2v) is 6.61. The van der Waals surface area contributed by atoms with Gasteiger partial charge in [-0.15, -0.1) is 11.3 Å². The summed E-state index contributed by atoms with van der Waals surface area (Å²) in [6, 6.07) is 8.95. The summed E-state index contributed by atoms with van der Waals surface area (Å²) in [5, 5.41) is 13.9. The lowest BCUT2D eigenvalue weighted by molar-refractivity contribution is -0.119. The highest BCUT2D eigenvalue weighted by Crippen LogP contribution is 2.36. The van der Waals surface area contributed by atoms with Crippen LogP contribution in [-0.4, -0.2) is 36.2 Å². The van der Waals surface area contributed by atoms with Crippen molar-refractivity contribution in [1.82, 2.24) is 0 Å². The zero-order chi connectivity index (χ0) is 20.8. The first-order valence-corrected chi connectivity index (χ1v) is 9.46. The second-order valence-electron chi connectivity index (χ2n) is 5.73. The summed E-state index contributed by atoms with van der Waals surface area (Å²) in [5.74, 6) is -1.62. The van der Waals surface area contributed by atoms with Crippen LogP contribution in [0.3, 0.4) is 0 Å². The molecule has 0 aliphatic rings. The van der Waals surface area contributed by atoms with Gasteiger partial charge >= 0.3 is 11.9 Å². The number of hydrogen-bond acceptors (Lipinski definition) is 8. The van der Waals surface area contributed by atoms with Crippen LogP contribution in [0.4, 0.5) is 5.00 Å². The molecule has 0 aliphatic heterocycles. The van der Waals surface area contributed by atoms with Crippen molar-refractivity contribution in [1.29, 1.82) is 0 Å². The number of carbonyl (C=O) groups excluding carboxylic acids is 3. The first-order chi connectivity index (χ1) is 14.0. The maximum absolute atomic E-state index is 12.4. The Kier molecular flexibility index (Phi) is 6.30. The molecular weight excluding hydrogens is 398 g/mol. The Balaban J connectivity index is 1.71. The Morgan fingerprint density at radius 3 is 2.66 bits per heavy atom. The normalized spacial score (nSPS) is 10.4. The smallest absolute Gasteiger partial charge is 0.341 e. The number of anilines is 1. The van der Waals surface area contributed by atoms with Crippen LogP contribution >= 0.6 is 11.3 Å². The van der Waals surface area contributed by atoms with Crippen LogP contribution in [0, 0.1) is 0 Å². The number of phenols is 1. The highest BCUT2D eigenvalue weighted by atomic mass is 32.1. The molecule has 1 aromatic carbocycles. The van der Waals surface area contributed by atoms with Gasteiger partial charge in [0.15, 0.2) is 6.61 Å². The minimum atomic E-state index is -0.760. The van der Waals surface area contributed by atoms with E-state index in [9.17, 15) is 19.5 Å². The number of hydrogen-bond donors (Lipinski definition) is 2. The van der Waals surface area contributed by atoms with Gasteiger partial charge in [0.1, 0.15) is 22.1 Å². The van der Waals surface area contributed by atoms with Crippen molar-refractivity contribution >= 4 is 34.2 Å². The number of aromatic hydroxyl groups is 1. The molecule has 0 saturated heterocycles. The van der Waals surface area contributed by atoms with Gasteiger partial charge in [-0.05, 0) is 37.3 Å². The first kappa shape index (κ1) is 20.2. The summed E-state index contributed by atoms with van der Waals surface area (Å²) in [6.07, 6.45) is 1.47. The Hall–Kier alpha value is -3.59. The van der Waals surface area contributed by atoms with E-state index < -0.39 is 24.5 Å². The molecule has 0 unspecified atom stereocenters. The third kappa shape index (κ3) is 4.82. The molecule has 0 bridgehead atoms. The number of thiophene rings is 1. The van der Waals surface area contributed by atoms with Crippen LogP contribution in [0.15, 0.2) is 52.5 Å². The molecule has 0 radical (unpaired) electrons. The van der Waals surface area contributed by atoms with Crippen molar-refractivity contribution in [3.8, 4) is 17.1 Å². The maximum atomic E-state index is 12.4. The minimum Gasteiger partial charge on any atom is -0.508 e. The zero-order valence-electron chi connectivity index (χ0n) is 15.3. The van der Waals surface area contributed by atoms with Crippen LogP contribution in [0.25, 0.3) is 11.3 Å². The second kappa shape index (κ2) is 9.07. The summed E-state index contributed by atoms with van der Waals surface area (Å²) < 4.78 is 15.4. The minimum absolute atomic E-state index is 0.0907. The number of nitrogens with one attached hydrogen (secondary N) is 1. The predicted octanol–water partition coefficient (Wildman–Crippen LogP) is 3.69. The Morgan fingerprint density at radius 2 is 1.97 bits per heavy atom. The fourth-order valence-electron chi connectivity index (χ4n) is 2.48. The molecule has 3 rings (SSSR count). The predicted molar refractivity (Wildman–Crippen MR) is 105 cm³/mol. The van der Waals surface area contributed by atoms with E-state index in [-0.39, 0.29) is 28.5 Å². The fourth-order valence-corrected chi connectivity index (χ4v) is 3.43. The van der Waals surface area contributed by atoms with E-state index in [0.29, 0.717) is 11.3 Å². The van der Waals surface area contributed by atoms with E-state index >= 15 is 0 Å². The van der Waals surface area contributed by atoms with E-state index in [2.05, 4.69) is 5.32 Å². The lowest BCUT2D eigenvalue weighted by Gasteiger charge is -2.08. The van der Waals surface area contributed by atoms with Gasteiger partial charge in [0.25, 0.3) is 5.91 Å². The lowest BCUT2D eigenvalue weighted by Crippen LogP contribution is -2.21. The summed E-state index contributed by atoms with van der Waals surface area (Å²) in [7, 11) is 0. The van der Waals surface area contributed by atoms with E-state index in [1.807, 2.05) is 0 Å². The van der Waals surface area contributed by atoms with Gasteiger partial charge in [-0.2, -0.15) is 0 Å². The number of phenolic OH excluding ortho intramolecular Hbond substituents is 1. The average Bonchev–Trinajstić information content (AvgIpc) is 3.36. The van der Waals surface area contributed by atoms with Gasteiger partial charge in [-0.3, -0.25) is 4.79 Å². The van der Waals surface area contributed by atoms with Crippen molar-refractivity contribution < 1.29 is 33.4 Å². The average molecular weight is 415 g/mol. The van der Waals surface area contributed by atoms with Crippen LogP contribution in [-0.2, 0) is 14.3 Å². The summed E-state index contributed by atoms with van der Waals surface area (Å²) >= 11 is 1.12. The summed E-state index contributed by atoms with van der Waals surface area (Å²) in [6.45, 7) is 1.28. The SMILES string of the molecule is CCOC(=O)c1c(-c2ccco2)csc1NC(=O)COC(=O)c1cccc(O)c1. The monoisotopic (exact) mass is 415 g/mol. The van der Waals surface area contributed by atoms with Gasteiger partial charge in [0.2, 0.25) is 0 Å². The van der Waals surface area contributed by atoms with Crippen LogP contribution in [0.1, 0.15) is 27.6 Å². The van der Waals surface area contributed by atoms with Gasteiger partial charge in [0.05, 0.1) is 18.4 Å². The van der Waals surface area contributed by atoms with E-state index in [4.69, 9.17) is 13.9 Å². The van der Waals surface area contributed by atoms with E-state index in [1.165, 1.54) is 30.5 Å². The van der Waals surface area contributed by atoms with Crippen molar-refractivity contribution in [2.24, 2.45) is 0 Å². The summed E-state index contributed by atoms with van der Waals surface area (Å²) in [5.41, 5.74) is 0.770. The number of rotatable bonds is 7. The molecule has 0 atom stereocenters. The van der Waals surface area contributed by atoms with Gasteiger partial charge in [-0.1, -0.05) is 6.07 Å². The summed E-state index contributed by atoms with van der Waals surface area (Å²) in [4.78, 5) is 36.6. The molecule has 0 spiro atoms. The molecule has 0 saturated carbocycles. The molecule has 150 valence electrons. The molecule has 9 heteroatoms. The number of ether oxygens (including phenoxy) is 2. The molecule has 3 aromatic rings. The largest absolute Gasteiger partial charge is 0.508 e. The molecule has 2 aromatic heterocycles. The maximum Gasteiger partial charge on any atom is 0.341 e. The lowest BCUT2D eigenvalue weighted by atomic mass is 10.1. The Labute approximate surface area is 169 Å². The van der Waals surface area contributed by atoms with Crippen LogP contribution in [0.2, 0.25) is 0 Å². The van der Waals surface area contributed by atoms with Gasteiger partial charge in [0, 0.05) is 10.9 Å². The number of furan rings is 1. The number of esters is 2. The Morgan fingerprint density at radius 1 is 1.14 bits per heavy atom. The molecular formula is C20H17NO7S. The molecule has 2 heterocycles. The third-order valence-electron chi connectivity index (χ3n) is 3.73. The Bertz CT molecular complexity index is 1020. The third-order valence-corrected chi connectivity index (χ3v) is 4.62. The van der Waals surface area contributed by atoms with Crippen molar-refractivity contribution in [3.05, 3.63) is 59.2 Å². The van der Waals surface area contributed by atoms with Crippen molar-refractivity contribution in [2.45, 2.75) is 6.92 Å². The van der Waals surface area contributed by atoms with Crippen molar-refractivity contribution in [2.75, 3.05) is 18.5 Å². The van der Waals surface area contributed by atoms with Gasteiger partial charge < -0.3 is 24.3 Å². The van der Waals surface area contributed by atoms with Gasteiger partial charge in [-0.25, -0.2) is 9.59 Å². The molecule has 0 aliphatic carbocycles. The number of carbonyl (C=O) groups is 3. The van der Waals surface area contributed by atoms with E-state index in [1.54, 1.807) is 24.4 Å². The molecule has 8 nitrogen and oxygen atoms in total. The zero-order valence-corrected chi connectivity index (χ0v) is 16.2. The molecule has 0 fully saturated rings. The van der Waals surface area contributed by atoms with Crippen LogP contribution < -0.4 is 5.32 Å². The topological polar surface area (TPSA) is 115 Å². The first-order valence-electron chi connectivity index (χ1n) is 8.58. The molecule has 2 N–H and O–H groups in total. The highest BCUT2D eigenvalue weighted by molar-refractivity contribution is 7.15. The standard InChI is InChI=1S/C20H17NO7S/c1-2-26-20(25)17-14(15-7-4-8-27-15)11-29-18(17)21-16(23)10-28-19(24)12-5-3-6-13(22)9-12/h3-9,11,22H,2,10H2,1H3,(H,21,23). The number of benzene rings is 1. The van der Waals surface area contributed by atoms with E-state index in [0.717, 1.165) is 11.3 Å². The number of amides is 1. The fraction of sp³-hybridized carbons (Fsp3) is 0.150. The molecule has 29 heavy (non-hydrogen) atoms. The molecule has 1 amide bonds. The van der Waals surface area contributed by atoms with Crippen molar-refractivity contribution in [3.63, 3.8) is 0 Å². The highest BCUT2D eigenvalue weighted by Gasteiger charge is 2.24.